The first-order valence-electron chi connectivity index (χ1n) is 11.0. The Morgan fingerprint density at radius 1 is 1.18 bits per heavy atom. The zero-order valence-corrected chi connectivity index (χ0v) is 19.2. The molecule has 0 spiro atoms. The van der Waals surface area contributed by atoms with Crippen molar-refractivity contribution in [3.8, 4) is 5.75 Å². The number of carbonyl (C=O) groups excluding carboxylic acids is 1. The number of benzene rings is 2. The molecule has 2 aromatic carbocycles. The predicted molar refractivity (Wildman–Crippen MR) is 126 cm³/mol. The van der Waals surface area contributed by atoms with Crippen LogP contribution in [0.3, 0.4) is 0 Å². The number of Topliss-reactive ketones (excluding diaryl/α,β-unsaturated/α-hetero) is 1. The van der Waals surface area contributed by atoms with Gasteiger partial charge in [0.15, 0.2) is 10.9 Å². The fraction of sp³-hybridized carbons (Fsp3) is 0.280. The molecule has 5 rings (SSSR count). The van der Waals surface area contributed by atoms with Crippen LogP contribution in [-0.2, 0) is 25.6 Å². The normalized spacial score (nSPS) is 14.2. The average molecular weight is 460 g/mol. The number of hydrogen-bond donors (Lipinski definition) is 1. The summed E-state index contributed by atoms with van der Waals surface area (Å²) in [5.74, 6) is 2.54. The van der Waals surface area contributed by atoms with Crippen LogP contribution in [0, 0.1) is 0 Å². The number of ketones is 1. The lowest BCUT2D eigenvalue weighted by molar-refractivity contribution is 0.0972. The minimum absolute atomic E-state index is 0.211. The van der Waals surface area contributed by atoms with Crippen LogP contribution in [0.4, 0.5) is 0 Å². The molecule has 0 unspecified atom stereocenters. The number of carbonyl (C=O) groups is 1. The van der Waals surface area contributed by atoms with E-state index >= 15 is 0 Å². The summed E-state index contributed by atoms with van der Waals surface area (Å²) in [6.45, 7) is 0. The molecule has 1 aliphatic rings. The highest BCUT2D eigenvalue weighted by Gasteiger charge is 2.25. The maximum atomic E-state index is 12.6. The minimum Gasteiger partial charge on any atom is -0.485 e. The van der Waals surface area contributed by atoms with Crippen LogP contribution in [0.15, 0.2) is 66.3 Å². The number of fused-ring (bicyclic) bond motifs is 1. The van der Waals surface area contributed by atoms with Gasteiger partial charge in [-0.3, -0.25) is 4.79 Å². The molecule has 168 valence electrons. The Morgan fingerprint density at radius 2 is 2.06 bits per heavy atom. The fourth-order valence-corrected chi connectivity index (χ4v) is 5.17. The molecule has 0 bridgehead atoms. The number of nitrogens with zero attached hydrogens (tertiary/aromatic N) is 4. The molecule has 2 aromatic heterocycles. The molecule has 4 aromatic rings. The largest absolute Gasteiger partial charge is 0.485 e. The van der Waals surface area contributed by atoms with Crippen molar-refractivity contribution >= 4 is 17.5 Å². The van der Waals surface area contributed by atoms with E-state index < -0.39 is 0 Å². The van der Waals surface area contributed by atoms with Crippen molar-refractivity contribution in [2.75, 3.05) is 0 Å². The van der Waals surface area contributed by atoms with Crippen LogP contribution >= 0.6 is 11.8 Å². The number of aromatic nitrogens is 5. The first-order valence-corrected chi connectivity index (χ1v) is 12.0. The van der Waals surface area contributed by atoms with Gasteiger partial charge in [-0.05, 0) is 36.1 Å². The molecular formula is C25H25N5O2S. The summed E-state index contributed by atoms with van der Waals surface area (Å²) >= 11 is 1.60. The molecule has 0 aliphatic heterocycles. The molecule has 0 saturated heterocycles. The van der Waals surface area contributed by atoms with Crippen molar-refractivity contribution in [1.29, 1.82) is 0 Å². The van der Waals surface area contributed by atoms with Crippen molar-refractivity contribution < 1.29 is 9.53 Å². The lowest BCUT2D eigenvalue weighted by atomic mass is 9.87. The van der Waals surface area contributed by atoms with Gasteiger partial charge in [0.25, 0.3) is 0 Å². The van der Waals surface area contributed by atoms with Gasteiger partial charge in [-0.25, -0.2) is 4.98 Å². The molecule has 0 amide bonds. The van der Waals surface area contributed by atoms with Crippen LogP contribution in [0.1, 0.15) is 51.8 Å². The van der Waals surface area contributed by atoms with Gasteiger partial charge in [0, 0.05) is 49.2 Å². The van der Waals surface area contributed by atoms with E-state index in [4.69, 9.17) is 4.74 Å². The Morgan fingerprint density at radius 3 is 2.82 bits per heavy atom. The molecule has 0 radical (unpaired) electrons. The number of nitrogens with one attached hydrogen (secondary N) is 1. The smallest absolute Gasteiger partial charge is 0.191 e. The number of H-pyrrole nitrogens is 1. The summed E-state index contributed by atoms with van der Waals surface area (Å²) in [6, 6.07) is 14.1. The van der Waals surface area contributed by atoms with Gasteiger partial charge in [-0.1, -0.05) is 42.1 Å². The number of rotatable bonds is 8. The van der Waals surface area contributed by atoms with Gasteiger partial charge in [0.1, 0.15) is 24.0 Å². The van der Waals surface area contributed by atoms with Crippen LogP contribution in [0.25, 0.3) is 0 Å². The molecule has 8 heteroatoms. The van der Waals surface area contributed by atoms with Crippen molar-refractivity contribution in [3.63, 3.8) is 0 Å². The van der Waals surface area contributed by atoms with Gasteiger partial charge in [-0.2, -0.15) is 0 Å². The van der Waals surface area contributed by atoms with Crippen molar-refractivity contribution in [3.05, 3.63) is 89.3 Å². The van der Waals surface area contributed by atoms with Crippen molar-refractivity contribution in [2.24, 2.45) is 7.05 Å². The SMILES string of the molecule is Cn1cnnc1SCc1c(O[C@@H](Cc2ncc[nH]2)c2ccccc2)ccc2c1CCCC2=O. The van der Waals surface area contributed by atoms with E-state index in [1.165, 1.54) is 0 Å². The maximum Gasteiger partial charge on any atom is 0.191 e. The number of aromatic amines is 1. The number of thioether (sulfide) groups is 1. The molecule has 0 fully saturated rings. The molecular weight excluding hydrogens is 434 g/mol. The molecule has 2 heterocycles. The van der Waals surface area contributed by atoms with E-state index in [0.717, 1.165) is 51.8 Å². The molecule has 1 N–H and O–H groups in total. The predicted octanol–water partition coefficient (Wildman–Crippen LogP) is 4.71. The Hall–Kier alpha value is -3.39. The lowest BCUT2D eigenvalue weighted by Crippen LogP contribution is -2.17. The molecule has 1 aliphatic carbocycles. The second-order valence-electron chi connectivity index (χ2n) is 8.12. The van der Waals surface area contributed by atoms with E-state index in [-0.39, 0.29) is 11.9 Å². The van der Waals surface area contributed by atoms with Crippen LogP contribution < -0.4 is 4.74 Å². The Balaban J connectivity index is 1.51. The van der Waals surface area contributed by atoms with E-state index in [9.17, 15) is 4.79 Å². The standard InChI is InChI=1S/C25H25N5O2S/c1-30-16-28-29-25(30)33-15-20-18-8-5-9-21(31)19(18)10-11-22(20)32-23(14-24-26-12-13-27-24)17-6-3-2-4-7-17/h2-4,6-7,10-13,16,23H,5,8-9,14-15H2,1H3,(H,26,27)/t23-/m0/s1. The lowest BCUT2D eigenvalue weighted by Gasteiger charge is -2.25. The molecule has 0 saturated carbocycles. The van der Waals surface area contributed by atoms with E-state index in [0.29, 0.717) is 18.6 Å². The average Bonchev–Trinajstić information content (AvgIpc) is 3.50. The van der Waals surface area contributed by atoms with Crippen LogP contribution in [0.2, 0.25) is 0 Å². The summed E-state index contributed by atoms with van der Waals surface area (Å²) in [5, 5.41) is 9.01. The summed E-state index contributed by atoms with van der Waals surface area (Å²) in [5.41, 5.74) is 4.07. The monoisotopic (exact) mass is 459 g/mol. The highest BCUT2D eigenvalue weighted by Crippen LogP contribution is 2.37. The topological polar surface area (TPSA) is 85.7 Å². The van der Waals surface area contributed by atoms with Gasteiger partial charge in [0.2, 0.25) is 0 Å². The zero-order chi connectivity index (χ0) is 22.6. The molecule has 7 nitrogen and oxygen atoms in total. The summed E-state index contributed by atoms with van der Waals surface area (Å²) in [6.07, 6.45) is 8.02. The highest BCUT2D eigenvalue weighted by molar-refractivity contribution is 7.98. The summed E-state index contributed by atoms with van der Waals surface area (Å²) in [4.78, 5) is 20.2. The number of aryl methyl sites for hydroxylation is 1. The van der Waals surface area contributed by atoms with Gasteiger partial charge < -0.3 is 14.3 Å². The fourth-order valence-electron chi connectivity index (χ4n) is 4.22. The third-order valence-corrected chi connectivity index (χ3v) is 6.97. The second-order valence-corrected chi connectivity index (χ2v) is 9.06. The Bertz CT molecular complexity index is 1240. The van der Waals surface area contributed by atoms with Crippen molar-refractivity contribution in [1.82, 2.24) is 24.7 Å². The Labute approximate surface area is 196 Å². The first kappa shape index (κ1) is 21.5. The number of ether oxygens (including phenoxy) is 1. The molecule has 1 atom stereocenters. The number of hydrogen-bond acceptors (Lipinski definition) is 6. The van der Waals surface area contributed by atoms with Gasteiger partial charge in [0.05, 0.1) is 0 Å². The third kappa shape index (κ3) is 4.71. The zero-order valence-electron chi connectivity index (χ0n) is 18.4. The van der Waals surface area contributed by atoms with E-state index in [1.807, 2.05) is 48.1 Å². The van der Waals surface area contributed by atoms with E-state index in [2.05, 4.69) is 32.3 Å². The highest BCUT2D eigenvalue weighted by atomic mass is 32.2. The molecule has 33 heavy (non-hydrogen) atoms. The second kappa shape index (κ2) is 9.62. The van der Waals surface area contributed by atoms with Crippen LogP contribution in [0.5, 0.6) is 5.75 Å². The third-order valence-electron chi connectivity index (χ3n) is 5.91. The maximum absolute atomic E-state index is 12.6. The minimum atomic E-state index is -0.215. The van der Waals surface area contributed by atoms with E-state index in [1.54, 1.807) is 24.3 Å². The Kier molecular flexibility index (Phi) is 6.26. The summed E-state index contributed by atoms with van der Waals surface area (Å²) in [7, 11) is 1.93. The van der Waals surface area contributed by atoms with Gasteiger partial charge >= 0.3 is 0 Å². The van der Waals surface area contributed by atoms with Gasteiger partial charge in [-0.15, -0.1) is 10.2 Å². The van der Waals surface area contributed by atoms with Crippen LogP contribution in [-0.4, -0.2) is 30.5 Å². The quantitative estimate of drug-likeness (QED) is 0.384. The number of imidazole rings is 1. The van der Waals surface area contributed by atoms with Crippen molar-refractivity contribution in [2.45, 2.75) is 42.7 Å². The summed E-state index contributed by atoms with van der Waals surface area (Å²) < 4.78 is 8.58. The first-order chi connectivity index (χ1) is 16.2.